The van der Waals surface area contributed by atoms with E-state index < -0.39 is 11.0 Å². The lowest BCUT2D eigenvalue weighted by atomic mass is 9.69. The minimum atomic E-state index is -0.879. The van der Waals surface area contributed by atoms with E-state index in [-0.39, 0.29) is 5.82 Å². The maximum atomic E-state index is 13.8. The molecular weight excluding hydrogens is 490 g/mol. The molecule has 4 aromatic rings. The smallest absolute Gasteiger partial charge is 0.148 e. The third-order valence-electron chi connectivity index (χ3n) is 7.13. The summed E-state index contributed by atoms with van der Waals surface area (Å²) < 4.78 is 15.7. The van der Waals surface area contributed by atoms with Crippen molar-refractivity contribution in [3.63, 3.8) is 0 Å². The summed E-state index contributed by atoms with van der Waals surface area (Å²) in [5.74, 6) is -0.334. The Balaban J connectivity index is 1.48. The first kappa shape index (κ1) is 23.3. The zero-order valence-electron chi connectivity index (χ0n) is 20.0. The first-order valence-corrected chi connectivity index (χ1v) is 12.4. The molecular formula is C26H21BClFN8. The van der Waals surface area contributed by atoms with Gasteiger partial charge in [-0.2, -0.15) is 10.5 Å². The molecule has 0 saturated heterocycles. The zero-order valence-corrected chi connectivity index (χ0v) is 20.7. The standard InChI is InChI=1S/C26H21BClFN8/c27-26(16-1-3-17(29)4-2-16,22-13-37(36-35-22)19-5-6-19)33-18-9-20-23(34-25(14-31)7-8-25)15(11-30)12-32-24(20)21(28)10-18/h1-4,9-10,12-13,19,33H,5-8,27H2,(H,32,34). The molecule has 2 aliphatic carbocycles. The summed E-state index contributed by atoms with van der Waals surface area (Å²) in [6.07, 6.45) is 6.92. The number of hydrogen-bond donors (Lipinski definition) is 2. The van der Waals surface area contributed by atoms with Gasteiger partial charge in [-0.3, -0.25) is 4.98 Å². The summed E-state index contributed by atoms with van der Waals surface area (Å²) in [5.41, 5.74) is 1.91. The maximum absolute atomic E-state index is 13.8. The van der Waals surface area contributed by atoms with Crippen molar-refractivity contribution in [2.24, 2.45) is 0 Å². The van der Waals surface area contributed by atoms with Gasteiger partial charge in [-0.25, -0.2) is 9.07 Å². The van der Waals surface area contributed by atoms with E-state index in [4.69, 9.17) is 11.6 Å². The summed E-state index contributed by atoms with van der Waals surface area (Å²) in [4.78, 5) is 4.41. The van der Waals surface area contributed by atoms with Gasteiger partial charge in [0.1, 0.15) is 31.0 Å². The summed E-state index contributed by atoms with van der Waals surface area (Å²) >= 11 is 6.69. The second-order valence-electron chi connectivity index (χ2n) is 9.90. The van der Waals surface area contributed by atoms with Gasteiger partial charge < -0.3 is 10.6 Å². The van der Waals surface area contributed by atoms with Crippen LogP contribution in [0.5, 0.6) is 0 Å². The van der Waals surface area contributed by atoms with Gasteiger partial charge >= 0.3 is 0 Å². The number of nitrogens with zero attached hydrogens (tertiary/aromatic N) is 6. The molecule has 2 aliphatic rings. The molecule has 0 aliphatic heterocycles. The lowest BCUT2D eigenvalue weighted by Gasteiger charge is -2.31. The maximum Gasteiger partial charge on any atom is 0.148 e. The van der Waals surface area contributed by atoms with Crippen LogP contribution < -0.4 is 10.6 Å². The zero-order chi connectivity index (χ0) is 25.8. The number of nitriles is 2. The van der Waals surface area contributed by atoms with Gasteiger partial charge in [0.05, 0.1) is 45.5 Å². The van der Waals surface area contributed by atoms with Crippen LogP contribution in [0.15, 0.2) is 48.8 Å². The van der Waals surface area contributed by atoms with Crippen molar-refractivity contribution in [3.8, 4) is 12.1 Å². The van der Waals surface area contributed by atoms with Crippen molar-refractivity contribution in [1.82, 2.24) is 20.0 Å². The first-order chi connectivity index (χ1) is 17.8. The third-order valence-corrected chi connectivity index (χ3v) is 7.42. The van der Waals surface area contributed by atoms with E-state index in [0.29, 0.717) is 57.4 Å². The number of rotatable bonds is 7. The highest BCUT2D eigenvalue weighted by Gasteiger charge is 2.44. The Kier molecular flexibility index (Phi) is 5.32. The van der Waals surface area contributed by atoms with E-state index in [1.54, 1.807) is 18.2 Å². The SMILES string of the molecule is BC(Nc1cc(Cl)c2ncc(C#N)c(NC3(C#N)CC3)c2c1)(c1ccc(F)cc1)c1cn(C2CC2)nn1. The third kappa shape index (κ3) is 4.14. The van der Waals surface area contributed by atoms with Gasteiger partial charge in [0.15, 0.2) is 0 Å². The van der Waals surface area contributed by atoms with Crippen LogP contribution in [0, 0.1) is 28.5 Å². The molecule has 1 unspecified atom stereocenters. The normalized spacial score (nSPS) is 17.4. The number of hydrogen-bond acceptors (Lipinski definition) is 7. The van der Waals surface area contributed by atoms with E-state index >= 15 is 0 Å². The van der Waals surface area contributed by atoms with Gasteiger partial charge in [-0.05, 0) is 55.5 Å². The molecule has 0 amide bonds. The van der Waals surface area contributed by atoms with E-state index in [0.717, 1.165) is 18.4 Å². The van der Waals surface area contributed by atoms with Crippen molar-refractivity contribution in [1.29, 1.82) is 10.5 Å². The van der Waals surface area contributed by atoms with E-state index in [9.17, 15) is 14.9 Å². The van der Waals surface area contributed by atoms with Crippen LogP contribution in [0.2, 0.25) is 5.02 Å². The quantitative estimate of drug-likeness (QED) is 0.357. The summed E-state index contributed by atoms with van der Waals surface area (Å²) in [6, 6.07) is 14.7. The summed E-state index contributed by atoms with van der Waals surface area (Å²) in [5, 5.41) is 36.0. The van der Waals surface area contributed by atoms with Crippen LogP contribution in [0.25, 0.3) is 10.9 Å². The molecule has 0 spiro atoms. The minimum Gasteiger partial charge on any atom is -0.378 e. The van der Waals surface area contributed by atoms with Crippen LogP contribution in [-0.4, -0.2) is 33.4 Å². The number of fused-ring (bicyclic) bond motifs is 1. The monoisotopic (exact) mass is 510 g/mol. The van der Waals surface area contributed by atoms with Crippen LogP contribution in [0.1, 0.15) is 48.5 Å². The number of anilines is 2. The Hall–Kier alpha value is -4.15. The largest absolute Gasteiger partial charge is 0.378 e. The molecule has 2 aromatic heterocycles. The lowest BCUT2D eigenvalue weighted by molar-refractivity contribution is 0.610. The van der Waals surface area contributed by atoms with Crippen LogP contribution >= 0.6 is 11.6 Å². The average molecular weight is 511 g/mol. The summed E-state index contributed by atoms with van der Waals surface area (Å²) in [6.45, 7) is 0. The molecule has 6 rings (SSSR count). The topological polar surface area (TPSA) is 115 Å². The van der Waals surface area contributed by atoms with E-state index in [2.05, 4.69) is 38.1 Å². The van der Waals surface area contributed by atoms with Crippen LogP contribution in [0.4, 0.5) is 15.8 Å². The lowest BCUT2D eigenvalue weighted by Crippen LogP contribution is -2.37. The molecule has 0 radical (unpaired) electrons. The van der Waals surface area contributed by atoms with Crippen molar-refractivity contribution in [3.05, 3.63) is 76.5 Å². The van der Waals surface area contributed by atoms with Gasteiger partial charge in [0.2, 0.25) is 0 Å². The van der Waals surface area contributed by atoms with E-state index in [1.807, 2.05) is 24.8 Å². The van der Waals surface area contributed by atoms with Crippen molar-refractivity contribution < 1.29 is 4.39 Å². The Labute approximate surface area is 218 Å². The molecule has 2 N–H and O–H groups in total. The molecule has 0 bridgehead atoms. The number of halogens is 2. The van der Waals surface area contributed by atoms with Gasteiger partial charge in [-0.1, -0.05) is 28.9 Å². The van der Waals surface area contributed by atoms with Crippen molar-refractivity contribution in [2.75, 3.05) is 10.6 Å². The fourth-order valence-corrected chi connectivity index (χ4v) is 4.83. The van der Waals surface area contributed by atoms with Gasteiger partial charge in [-0.15, -0.1) is 5.10 Å². The highest BCUT2D eigenvalue weighted by molar-refractivity contribution is 6.36. The second-order valence-corrected chi connectivity index (χ2v) is 10.3. The molecule has 37 heavy (non-hydrogen) atoms. The highest BCUT2D eigenvalue weighted by Crippen LogP contribution is 2.43. The number of pyridine rings is 1. The molecule has 11 heteroatoms. The number of benzene rings is 2. The predicted molar refractivity (Wildman–Crippen MR) is 140 cm³/mol. The number of aromatic nitrogens is 4. The Bertz CT molecular complexity index is 1610. The fourth-order valence-electron chi connectivity index (χ4n) is 4.56. The molecule has 2 aromatic carbocycles. The molecule has 1 atom stereocenters. The molecule has 182 valence electrons. The van der Waals surface area contributed by atoms with Crippen LogP contribution in [0.3, 0.4) is 0 Å². The van der Waals surface area contributed by atoms with E-state index in [1.165, 1.54) is 18.3 Å². The molecule has 2 heterocycles. The highest BCUT2D eigenvalue weighted by atomic mass is 35.5. The van der Waals surface area contributed by atoms with Crippen LogP contribution in [-0.2, 0) is 5.44 Å². The Morgan fingerprint density at radius 2 is 1.95 bits per heavy atom. The van der Waals surface area contributed by atoms with Crippen molar-refractivity contribution in [2.45, 2.75) is 42.7 Å². The van der Waals surface area contributed by atoms with Gasteiger partial charge in [0.25, 0.3) is 0 Å². The average Bonchev–Trinajstić information content (AvgIpc) is 3.83. The predicted octanol–water partition coefficient (Wildman–Crippen LogP) is 4.24. The summed E-state index contributed by atoms with van der Waals surface area (Å²) in [7, 11) is 1.96. The Morgan fingerprint density at radius 3 is 2.59 bits per heavy atom. The molecule has 2 fully saturated rings. The number of nitrogens with one attached hydrogen (secondary N) is 2. The van der Waals surface area contributed by atoms with Gasteiger partial charge in [0, 0.05) is 17.3 Å². The second kappa shape index (κ2) is 8.46. The minimum absolute atomic E-state index is 0.330. The fraction of sp³-hybridized carbons (Fsp3) is 0.269. The van der Waals surface area contributed by atoms with Crippen molar-refractivity contribution >= 4 is 41.7 Å². The Morgan fingerprint density at radius 1 is 1.19 bits per heavy atom. The molecule has 2 saturated carbocycles. The molecule has 8 nitrogen and oxygen atoms in total. The first-order valence-electron chi connectivity index (χ1n) is 12.0.